The minimum Gasteiger partial charge on any atom is -0.472 e. The Morgan fingerprint density at radius 3 is 2.82 bits per heavy atom. The third-order valence-corrected chi connectivity index (χ3v) is 2.22. The molecule has 0 bridgehead atoms. The van der Waals surface area contributed by atoms with Crippen LogP contribution in [0.25, 0.3) is 0 Å². The summed E-state index contributed by atoms with van der Waals surface area (Å²) in [6.45, 7) is 0.466. The summed E-state index contributed by atoms with van der Waals surface area (Å²) in [5.41, 5.74) is 0.858. The van der Waals surface area contributed by atoms with Gasteiger partial charge in [-0.3, -0.25) is 10.1 Å². The number of nitro benzene ring substituents is 1. The van der Waals surface area contributed by atoms with Crippen molar-refractivity contribution in [1.29, 1.82) is 0 Å². The molecule has 2 rings (SSSR count). The van der Waals surface area contributed by atoms with Gasteiger partial charge in [-0.1, -0.05) is 0 Å². The van der Waals surface area contributed by atoms with Crippen LogP contribution >= 0.6 is 0 Å². The molecule has 0 aliphatic rings. The van der Waals surface area contributed by atoms with E-state index in [0.717, 1.165) is 17.7 Å². The standard InChI is InChI=1S/C11H9FN2O3/c12-10-5-9(1-2-11(10)14(15)16)13-6-8-3-4-17-7-8/h1-5,7,13H,6H2. The van der Waals surface area contributed by atoms with E-state index in [1.807, 2.05) is 0 Å². The quantitative estimate of drug-likeness (QED) is 0.654. The van der Waals surface area contributed by atoms with Crippen LogP contribution < -0.4 is 5.32 Å². The van der Waals surface area contributed by atoms with Crippen LogP contribution in [-0.4, -0.2) is 4.92 Å². The van der Waals surface area contributed by atoms with Gasteiger partial charge in [0, 0.05) is 29.9 Å². The Labute approximate surface area is 96.0 Å². The molecule has 0 aliphatic carbocycles. The van der Waals surface area contributed by atoms with Crippen LogP contribution in [0.1, 0.15) is 5.56 Å². The Morgan fingerprint density at radius 2 is 2.24 bits per heavy atom. The largest absolute Gasteiger partial charge is 0.472 e. The molecule has 0 atom stereocenters. The van der Waals surface area contributed by atoms with Gasteiger partial charge in [0.1, 0.15) is 0 Å². The average Bonchev–Trinajstić information content (AvgIpc) is 2.78. The molecule has 0 fully saturated rings. The zero-order chi connectivity index (χ0) is 12.3. The van der Waals surface area contributed by atoms with Crippen LogP contribution in [0.2, 0.25) is 0 Å². The highest BCUT2D eigenvalue weighted by Crippen LogP contribution is 2.21. The number of anilines is 1. The molecule has 5 nitrogen and oxygen atoms in total. The fourth-order valence-corrected chi connectivity index (χ4v) is 1.36. The number of nitrogens with one attached hydrogen (secondary N) is 1. The van der Waals surface area contributed by atoms with Crippen LogP contribution in [-0.2, 0) is 6.54 Å². The number of nitro groups is 1. The smallest absolute Gasteiger partial charge is 0.304 e. The lowest BCUT2D eigenvalue weighted by Gasteiger charge is -2.04. The number of nitrogens with zero attached hydrogens (tertiary/aromatic N) is 1. The molecular formula is C11H9FN2O3. The maximum atomic E-state index is 13.3. The van der Waals surface area contributed by atoms with Crippen molar-refractivity contribution in [3.63, 3.8) is 0 Å². The number of hydrogen-bond donors (Lipinski definition) is 1. The van der Waals surface area contributed by atoms with E-state index < -0.39 is 16.4 Å². The topological polar surface area (TPSA) is 68.3 Å². The van der Waals surface area contributed by atoms with Crippen molar-refractivity contribution >= 4 is 11.4 Å². The lowest BCUT2D eigenvalue weighted by molar-refractivity contribution is -0.387. The Balaban J connectivity index is 2.07. The van der Waals surface area contributed by atoms with Crippen molar-refractivity contribution in [2.45, 2.75) is 6.54 Å². The molecule has 0 saturated carbocycles. The Morgan fingerprint density at radius 1 is 1.41 bits per heavy atom. The van der Waals surface area contributed by atoms with Gasteiger partial charge >= 0.3 is 5.69 Å². The minimum absolute atomic E-state index is 0.466. The van der Waals surface area contributed by atoms with E-state index in [4.69, 9.17) is 4.42 Å². The molecule has 2 aromatic rings. The monoisotopic (exact) mass is 236 g/mol. The van der Waals surface area contributed by atoms with Crippen LogP contribution in [0.15, 0.2) is 41.2 Å². The van der Waals surface area contributed by atoms with Gasteiger partial charge in [0.15, 0.2) is 0 Å². The molecular weight excluding hydrogens is 227 g/mol. The van der Waals surface area contributed by atoms with Gasteiger partial charge in [-0.25, -0.2) is 0 Å². The first-order valence-corrected chi connectivity index (χ1v) is 4.85. The molecule has 0 unspecified atom stereocenters. The summed E-state index contributed by atoms with van der Waals surface area (Å²) in [7, 11) is 0. The second-order valence-corrected chi connectivity index (χ2v) is 3.41. The molecule has 17 heavy (non-hydrogen) atoms. The van der Waals surface area contributed by atoms with E-state index in [9.17, 15) is 14.5 Å². The molecule has 0 spiro atoms. The predicted molar refractivity (Wildman–Crippen MR) is 59.1 cm³/mol. The van der Waals surface area contributed by atoms with E-state index >= 15 is 0 Å². The molecule has 0 aliphatic heterocycles. The van der Waals surface area contributed by atoms with Crippen molar-refractivity contribution in [3.8, 4) is 0 Å². The second-order valence-electron chi connectivity index (χ2n) is 3.41. The molecule has 1 heterocycles. The SMILES string of the molecule is O=[N+]([O-])c1ccc(NCc2ccoc2)cc1F. The van der Waals surface area contributed by atoms with Gasteiger partial charge in [0.05, 0.1) is 17.4 Å². The van der Waals surface area contributed by atoms with Crippen molar-refractivity contribution in [2.75, 3.05) is 5.32 Å². The van der Waals surface area contributed by atoms with Gasteiger partial charge in [-0.2, -0.15) is 4.39 Å². The molecule has 6 heteroatoms. The van der Waals surface area contributed by atoms with E-state index in [2.05, 4.69) is 5.32 Å². The first-order valence-electron chi connectivity index (χ1n) is 4.85. The third-order valence-electron chi connectivity index (χ3n) is 2.22. The number of halogens is 1. The minimum atomic E-state index is -0.854. The molecule has 0 radical (unpaired) electrons. The fourth-order valence-electron chi connectivity index (χ4n) is 1.36. The summed E-state index contributed by atoms with van der Waals surface area (Å²) in [4.78, 5) is 9.66. The van der Waals surface area contributed by atoms with Crippen LogP contribution in [0.5, 0.6) is 0 Å². The van der Waals surface area contributed by atoms with Crippen molar-refractivity contribution < 1.29 is 13.7 Å². The summed E-state index contributed by atoms with van der Waals surface area (Å²) in [5, 5.41) is 13.3. The van der Waals surface area contributed by atoms with E-state index in [1.54, 1.807) is 12.3 Å². The number of benzene rings is 1. The van der Waals surface area contributed by atoms with E-state index in [1.165, 1.54) is 12.3 Å². The highest BCUT2D eigenvalue weighted by Gasteiger charge is 2.13. The molecule has 0 saturated heterocycles. The number of furan rings is 1. The van der Waals surface area contributed by atoms with Gasteiger partial charge in [-0.05, 0) is 12.1 Å². The summed E-state index contributed by atoms with van der Waals surface area (Å²) in [5.74, 6) is -0.854. The van der Waals surface area contributed by atoms with Gasteiger partial charge in [0.2, 0.25) is 5.82 Å². The van der Waals surface area contributed by atoms with Gasteiger partial charge in [-0.15, -0.1) is 0 Å². The number of rotatable bonds is 4. The van der Waals surface area contributed by atoms with Crippen molar-refractivity contribution in [3.05, 3.63) is 58.3 Å². The van der Waals surface area contributed by atoms with Gasteiger partial charge < -0.3 is 9.73 Å². The molecule has 1 aromatic heterocycles. The normalized spacial score (nSPS) is 10.2. The van der Waals surface area contributed by atoms with Crippen molar-refractivity contribution in [2.24, 2.45) is 0 Å². The second kappa shape index (κ2) is 4.65. The predicted octanol–water partition coefficient (Wildman–Crippen LogP) is 2.94. The first kappa shape index (κ1) is 11.1. The van der Waals surface area contributed by atoms with Crippen LogP contribution in [0.3, 0.4) is 0 Å². The molecule has 0 amide bonds. The number of hydrogen-bond acceptors (Lipinski definition) is 4. The highest BCUT2D eigenvalue weighted by molar-refractivity contribution is 5.49. The average molecular weight is 236 g/mol. The van der Waals surface area contributed by atoms with Crippen LogP contribution in [0.4, 0.5) is 15.8 Å². The van der Waals surface area contributed by atoms with Crippen LogP contribution in [0, 0.1) is 15.9 Å². The van der Waals surface area contributed by atoms with E-state index in [-0.39, 0.29) is 0 Å². The zero-order valence-corrected chi connectivity index (χ0v) is 8.72. The summed E-state index contributed by atoms with van der Waals surface area (Å²) in [6, 6.07) is 5.46. The maximum absolute atomic E-state index is 13.3. The first-order chi connectivity index (χ1) is 8.16. The summed E-state index contributed by atoms with van der Waals surface area (Å²) in [6.07, 6.45) is 3.10. The Bertz CT molecular complexity index is 526. The highest BCUT2D eigenvalue weighted by atomic mass is 19.1. The fraction of sp³-hybridized carbons (Fsp3) is 0.0909. The van der Waals surface area contributed by atoms with Crippen molar-refractivity contribution in [1.82, 2.24) is 0 Å². The lowest BCUT2D eigenvalue weighted by atomic mass is 10.2. The molecule has 1 N–H and O–H groups in total. The Hall–Kier alpha value is -2.37. The lowest BCUT2D eigenvalue weighted by Crippen LogP contribution is -1.99. The third kappa shape index (κ3) is 2.60. The van der Waals surface area contributed by atoms with Gasteiger partial charge in [0.25, 0.3) is 0 Å². The molecule has 1 aromatic carbocycles. The Kier molecular flexibility index (Phi) is 3.04. The maximum Gasteiger partial charge on any atom is 0.304 e. The van der Waals surface area contributed by atoms with E-state index in [0.29, 0.717) is 12.2 Å². The summed E-state index contributed by atoms with van der Waals surface area (Å²) >= 11 is 0. The molecule has 88 valence electrons. The zero-order valence-electron chi connectivity index (χ0n) is 8.72. The summed E-state index contributed by atoms with van der Waals surface area (Å²) < 4.78 is 18.1.